The predicted molar refractivity (Wildman–Crippen MR) is 40.2 cm³/mol. The van der Waals surface area contributed by atoms with Gasteiger partial charge in [0.25, 0.3) is 0 Å². The Morgan fingerprint density at radius 1 is 1.50 bits per heavy atom. The number of aryl methyl sites for hydroxylation is 1. The zero-order chi connectivity index (χ0) is 7.98. The van der Waals surface area contributed by atoms with Crippen molar-refractivity contribution in [1.82, 2.24) is 0 Å². The summed E-state index contributed by atoms with van der Waals surface area (Å²) in [5, 5.41) is 0. The van der Waals surface area contributed by atoms with Crippen molar-refractivity contribution in [3.8, 4) is 0 Å². The maximum absolute atomic E-state index is 9.99. The molecule has 0 saturated heterocycles. The largest absolute Gasteiger partial charge is 0.461 e. The van der Waals surface area contributed by atoms with Gasteiger partial charge in [-0.25, -0.2) is 0 Å². The Morgan fingerprint density at radius 2 is 2.10 bits per heavy atom. The van der Waals surface area contributed by atoms with Crippen LogP contribution in [0.25, 0.3) is 0 Å². The van der Waals surface area contributed by atoms with Gasteiger partial charge in [0.1, 0.15) is 0 Å². The molecule has 0 aliphatic heterocycles. The lowest BCUT2D eigenvalue weighted by molar-refractivity contribution is 0.110. The van der Waals surface area contributed by atoms with Crippen LogP contribution in [-0.4, -0.2) is 6.29 Å². The molecule has 0 N–H and O–H groups in total. The van der Waals surface area contributed by atoms with Crippen molar-refractivity contribution in [1.29, 1.82) is 0 Å². The third kappa shape index (κ3) is 2.05. The summed E-state index contributed by atoms with van der Waals surface area (Å²) in [4.78, 5) is 9.99. The zero-order valence-electron chi connectivity index (χ0n) is 6.55. The second kappa shape index (κ2) is 4.79. The van der Waals surface area contributed by atoms with Gasteiger partial charge in [-0.2, -0.15) is 0 Å². The topological polar surface area (TPSA) is 30.2 Å². The number of carbonyl (C=O) groups is 1. The first kappa shape index (κ1) is 8.95. The normalized spacial score (nSPS) is 7.90. The van der Waals surface area contributed by atoms with Gasteiger partial charge in [-0.15, -0.1) is 0 Å². The highest BCUT2D eigenvalue weighted by Crippen LogP contribution is 2.03. The van der Waals surface area contributed by atoms with E-state index >= 15 is 0 Å². The molecule has 1 rings (SSSR count). The average Bonchev–Trinajstić information content (AvgIpc) is 2.39. The molecule has 0 radical (unpaired) electrons. The van der Waals surface area contributed by atoms with Gasteiger partial charge < -0.3 is 4.42 Å². The van der Waals surface area contributed by atoms with E-state index in [-0.39, 0.29) is 0 Å². The highest BCUT2D eigenvalue weighted by molar-refractivity contribution is 5.72. The fourth-order valence-corrected chi connectivity index (χ4v) is 0.505. The number of hydrogen-bond acceptors (Lipinski definition) is 2. The van der Waals surface area contributed by atoms with Gasteiger partial charge in [0.05, 0.1) is 6.26 Å². The molecule has 2 heteroatoms. The molecule has 0 unspecified atom stereocenters. The Bertz CT molecular complexity index is 189. The monoisotopic (exact) mass is 140 g/mol. The minimum atomic E-state index is 0.421. The maximum atomic E-state index is 9.99. The molecule has 1 aromatic heterocycles. The van der Waals surface area contributed by atoms with E-state index in [9.17, 15) is 4.79 Å². The third-order valence-electron chi connectivity index (χ3n) is 1.01. The number of furan rings is 1. The van der Waals surface area contributed by atoms with Gasteiger partial charge in [-0.1, -0.05) is 13.8 Å². The molecule has 1 aromatic rings. The molecule has 2 nitrogen and oxygen atoms in total. The van der Waals surface area contributed by atoms with E-state index in [0.717, 1.165) is 5.56 Å². The lowest BCUT2D eigenvalue weighted by atomic mass is 10.3. The molecule has 0 atom stereocenters. The molecule has 0 bridgehead atoms. The first-order chi connectivity index (χ1) is 4.84. The zero-order valence-corrected chi connectivity index (χ0v) is 6.55. The molecule has 0 fully saturated rings. The van der Waals surface area contributed by atoms with Crippen LogP contribution in [0, 0.1) is 6.92 Å². The number of rotatable bonds is 1. The van der Waals surface area contributed by atoms with E-state index in [4.69, 9.17) is 4.42 Å². The molecule has 1 heterocycles. The summed E-state index contributed by atoms with van der Waals surface area (Å²) in [5.41, 5.74) is 0.889. The number of hydrogen-bond donors (Lipinski definition) is 0. The predicted octanol–water partition coefficient (Wildman–Crippen LogP) is 2.43. The van der Waals surface area contributed by atoms with Gasteiger partial charge in [-0.05, 0) is 18.6 Å². The van der Waals surface area contributed by atoms with E-state index in [1.165, 1.54) is 6.26 Å². The third-order valence-corrected chi connectivity index (χ3v) is 1.01. The molecule has 0 spiro atoms. The minimum absolute atomic E-state index is 0.421. The summed E-state index contributed by atoms with van der Waals surface area (Å²) < 4.78 is 4.75. The van der Waals surface area contributed by atoms with E-state index < -0.39 is 0 Å². The first-order valence-corrected chi connectivity index (χ1v) is 3.34. The smallest absolute Gasteiger partial charge is 0.185 e. The molecule has 0 saturated carbocycles. The molecule has 0 amide bonds. The van der Waals surface area contributed by atoms with Crippen molar-refractivity contribution in [3.63, 3.8) is 0 Å². The Hall–Kier alpha value is -1.05. The fourth-order valence-electron chi connectivity index (χ4n) is 0.505. The summed E-state index contributed by atoms with van der Waals surface area (Å²) in [6.45, 7) is 5.83. The summed E-state index contributed by atoms with van der Waals surface area (Å²) in [5.74, 6) is 0.421. The molecular formula is C8H12O2. The quantitative estimate of drug-likeness (QED) is 0.561. The van der Waals surface area contributed by atoms with Crippen LogP contribution in [0.5, 0.6) is 0 Å². The lowest BCUT2D eigenvalue weighted by Gasteiger charge is -1.78. The van der Waals surface area contributed by atoms with Crippen LogP contribution in [0.1, 0.15) is 30.0 Å². The Labute approximate surface area is 60.9 Å². The van der Waals surface area contributed by atoms with Crippen LogP contribution < -0.4 is 0 Å². The second-order valence-corrected chi connectivity index (χ2v) is 1.59. The van der Waals surface area contributed by atoms with Gasteiger partial charge >= 0.3 is 0 Å². The Kier molecular flexibility index (Phi) is 4.29. The van der Waals surface area contributed by atoms with Gasteiger partial charge in [-0.3, -0.25) is 4.79 Å². The lowest BCUT2D eigenvalue weighted by Crippen LogP contribution is -1.74. The van der Waals surface area contributed by atoms with Crippen LogP contribution in [0.15, 0.2) is 16.7 Å². The van der Waals surface area contributed by atoms with E-state index in [0.29, 0.717) is 12.0 Å². The van der Waals surface area contributed by atoms with Gasteiger partial charge in [0.15, 0.2) is 12.0 Å². The van der Waals surface area contributed by atoms with Crippen molar-refractivity contribution in [2.45, 2.75) is 20.8 Å². The summed E-state index contributed by atoms with van der Waals surface area (Å²) in [7, 11) is 0. The van der Waals surface area contributed by atoms with Crippen LogP contribution in [-0.2, 0) is 0 Å². The second-order valence-electron chi connectivity index (χ2n) is 1.59. The van der Waals surface area contributed by atoms with E-state index in [1.807, 2.05) is 20.8 Å². The average molecular weight is 140 g/mol. The Balaban J connectivity index is 0.000000371. The number of carbonyl (C=O) groups excluding carboxylic acids is 1. The standard InChI is InChI=1S/C6H6O2.C2H6/c1-5-2-3-8-6(5)4-7;1-2/h2-4H,1H3;1-2H3. The van der Waals surface area contributed by atoms with Crippen molar-refractivity contribution >= 4 is 6.29 Å². The SMILES string of the molecule is CC.Cc1ccoc1C=O. The highest BCUT2D eigenvalue weighted by atomic mass is 16.3. The maximum Gasteiger partial charge on any atom is 0.185 e. The summed E-state index contributed by atoms with van der Waals surface area (Å²) in [6.07, 6.45) is 2.20. The van der Waals surface area contributed by atoms with E-state index in [1.54, 1.807) is 6.07 Å². The molecule has 0 aliphatic carbocycles. The van der Waals surface area contributed by atoms with Crippen molar-refractivity contribution in [2.24, 2.45) is 0 Å². The molecule has 0 aromatic carbocycles. The van der Waals surface area contributed by atoms with Gasteiger partial charge in [0, 0.05) is 0 Å². The van der Waals surface area contributed by atoms with Gasteiger partial charge in [0.2, 0.25) is 0 Å². The molecule has 10 heavy (non-hydrogen) atoms. The van der Waals surface area contributed by atoms with Crippen LogP contribution in [0.2, 0.25) is 0 Å². The molecule has 56 valence electrons. The van der Waals surface area contributed by atoms with Crippen LogP contribution in [0.3, 0.4) is 0 Å². The number of aldehydes is 1. The highest BCUT2D eigenvalue weighted by Gasteiger charge is 1.95. The minimum Gasteiger partial charge on any atom is -0.461 e. The molecule has 0 aliphatic rings. The van der Waals surface area contributed by atoms with Crippen molar-refractivity contribution in [2.75, 3.05) is 0 Å². The summed E-state index contributed by atoms with van der Waals surface area (Å²) in [6, 6.07) is 1.75. The van der Waals surface area contributed by atoms with Crippen LogP contribution >= 0.6 is 0 Å². The fraction of sp³-hybridized carbons (Fsp3) is 0.375. The Morgan fingerprint density at radius 3 is 2.30 bits per heavy atom. The van der Waals surface area contributed by atoms with Crippen LogP contribution in [0.4, 0.5) is 0 Å². The first-order valence-electron chi connectivity index (χ1n) is 3.34. The van der Waals surface area contributed by atoms with Crippen molar-refractivity contribution < 1.29 is 9.21 Å². The van der Waals surface area contributed by atoms with E-state index in [2.05, 4.69) is 0 Å². The van der Waals surface area contributed by atoms with Crippen molar-refractivity contribution in [3.05, 3.63) is 23.7 Å². The molecular weight excluding hydrogens is 128 g/mol. The summed E-state index contributed by atoms with van der Waals surface area (Å²) >= 11 is 0.